The molecule has 3 aromatic rings. The molecule has 0 unspecified atom stereocenters. The normalized spacial score (nSPS) is 13.7. The van der Waals surface area contributed by atoms with E-state index < -0.39 is 21.9 Å². The number of unbranched alkanes of at least 4 members (excludes halogenated alkanes) is 1. The molecule has 4 rings (SSSR count). The first kappa shape index (κ1) is 28.9. The van der Waals surface area contributed by atoms with E-state index in [0.29, 0.717) is 35.6 Å². The van der Waals surface area contributed by atoms with Gasteiger partial charge in [0.15, 0.2) is 0 Å². The van der Waals surface area contributed by atoms with Gasteiger partial charge in [0.1, 0.15) is 5.00 Å². The first-order chi connectivity index (χ1) is 18.7. The molecule has 1 N–H and O–H groups in total. The Bertz CT molecular complexity index is 1400. The van der Waals surface area contributed by atoms with Gasteiger partial charge in [0.25, 0.3) is 5.91 Å². The van der Waals surface area contributed by atoms with Crippen molar-refractivity contribution in [3.05, 3.63) is 81.7 Å². The van der Waals surface area contributed by atoms with Gasteiger partial charge in [-0.1, -0.05) is 43.7 Å². The van der Waals surface area contributed by atoms with Gasteiger partial charge < -0.3 is 10.1 Å². The first-order valence-corrected chi connectivity index (χ1v) is 15.5. The van der Waals surface area contributed by atoms with E-state index in [1.807, 2.05) is 25.1 Å². The molecule has 0 saturated heterocycles. The molecule has 0 spiro atoms. The third-order valence-corrected chi connectivity index (χ3v) is 9.75. The second-order valence-corrected chi connectivity index (χ2v) is 12.7. The largest absolute Gasteiger partial charge is 0.462 e. The number of carbonyl (C=O) groups is 2. The third kappa shape index (κ3) is 6.75. The minimum absolute atomic E-state index is 0.134. The second-order valence-electron chi connectivity index (χ2n) is 9.53. The van der Waals surface area contributed by atoms with Crippen molar-refractivity contribution in [1.29, 1.82) is 0 Å². The predicted molar refractivity (Wildman–Crippen MR) is 154 cm³/mol. The second kappa shape index (κ2) is 12.9. The van der Waals surface area contributed by atoms with Crippen LogP contribution in [0, 0.1) is 0 Å². The number of benzene rings is 2. The van der Waals surface area contributed by atoms with Crippen LogP contribution in [0.15, 0.2) is 59.5 Å². The number of ether oxygens (including phenoxy) is 1. The van der Waals surface area contributed by atoms with Crippen LogP contribution in [0.3, 0.4) is 0 Å². The molecule has 1 aliphatic heterocycles. The van der Waals surface area contributed by atoms with Gasteiger partial charge in [-0.3, -0.25) is 9.69 Å². The SMILES string of the molecule is CCCCN(C)S(=O)(=O)c1ccc(C(=O)Nc2sc3c(c2C(=O)OCC)CCN(Cc2ccccc2)C3)cc1. The van der Waals surface area contributed by atoms with E-state index in [1.54, 1.807) is 14.0 Å². The highest BCUT2D eigenvalue weighted by atomic mass is 32.2. The summed E-state index contributed by atoms with van der Waals surface area (Å²) < 4.78 is 32.3. The molecular weight excluding hydrogens is 534 g/mol. The molecule has 1 aliphatic rings. The van der Waals surface area contributed by atoms with E-state index in [4.69, 9.17) is 4.74 Å². The van der Waals surface area contributed by atoms with Crippen molar-refractivity contribution >= 4 is 38.2 Å². The van der Waals surface area contributed by atoms with Crippen molar-refractivity contribution in [2.24, 2.45) is 0 Å². The van der Waals surface area contributed by atoms with E-state index in [1.165, 1.54) is 45.5 Å². The third-order valence-electron chi connectivity index (χ3n) is 6.74. The summed E-state index contributed by atoms with van der Waals surface area (Å²) in [4.78, 5) is 29.6. The fourth-order valence-corrected chi connectivity index (χ4v) is 7.06. The number of carbonyl (C=O) groups excluding carboxylic acids is 2. The zero-order chi connectivity index (χ0) is 28.0. The van der Waals surface area contributed by atoms with Gasteiger partial charge in [0.05, 0.1) is 17.1 Å². The summed E-state index contributed by atoms with van der Waals surface area (Å²) in [5.41, 5.74) is 2.87. The molecule has 208 valence electrons. The van der Waals surface area contributed by atoms with Crippen molar-refractivity contribution in [1.82, 2.24) is 9.21 Å². The quantitative estimate of drug-likeness (QED) is 0.321. The van der Waals surface area contributed by atoms with E-state index in [9.17, 15) is 18.0 Å². The van der Waals surface area contributed by atoms with Crippen LogP contribution in [-0.2, 0) is 34.3 Å². The molecule has 0 saturated carbocycles. The number of thiophene rings is 1. The molecule has 2 heterocycles. The molecule has 39 heavy (non-hydrogen) atoms. The van der Waals surface area contributed by atoms with Crippen molar-refractivity contribution in [2.45, 2.75) is 51.1 Å². The summed E-state index contributed by atoms with van der Waals surface area (Å²) in [6.07, 6.45) is 2.35. The molecule has 0 radical (unpaired) electrons. The lowest BCUT2D eigenvalue weighted by molar-refractivity contribution is 0.0526. The maximum Gasteiger partial charge on any atom is 0.341 e. The topological polar surface area (TPSA) is 96.0 Å². The Labute approximate surface area is 234 Å². The maximum atomic E-state index is 13.2. The van der Waals surface area contributed by atoms with Gasteiger partial charge >= 0.3 is 5.97 Å². The molecule has 0 bridgehead atoms. The lowest BCUT2D eigenvalue weighted by Crippen LogP contribution is -2.29. The van der Waals surface area contributed by atoms with Crippen molar-refractivity contribution in [2.75, 3.05) is 32.1 Å². The molecule has 8 nitrogen and oxygen atoms in total. The van der Waals surface area contributed by atoms with Gasteiger partial charge in [-0.15, -0.1) is 11.3 Å². The Morgan fingerprint density at radius 3 is 2.46 bits per heavy atom. The Morgan fingerprint density at radius 1 is 1.08 bits per heavy atom. The van der Waals surface area contributed by atoms with Crippen LogP contribution >= 0.6 is 11.3 Å². The highest BCUT2D eigenvalue weighted by molar-refractivity contribution is 7.89. The van der Waals surface area contributed by atoms with E-state index >= 15 is 0 Å². The number of sulfonamides is 1. The van der Waals surface area contributed by atoms with Crippen LogP contribution in [0.25, 0.3) is 0 Å². The Balaban J connectivity index is 1.53. The molecular formula is C29H35N3O5S2. The van der Waals surface area contributed by atoms with Crippen molar-refractivity contribution < 1.29 is 22.7 Å². The summed E-state index contributed by atoms with van der Waals surface area (Å²) >= 11 is 1.40. The van der Waals surface area contributed by atoms with Crippen LogP contribution in [0.1, 0.15) is 63.4 Å². The van der Waals surface area contributed by atoms with Gasteiger partial charge in [-0.2, -0.15) is 0 Å². The van der Waals surface area contributed by atoms with Crippen LogP contribution in [0.4, 0.5) is 5.00 Å². The zero-order valence-electron chi connectivity index (χ0n) is 22.6. The molecule has 2 aromatic carbocycles. The summed E-state index contributed by atoms with van der Waals surface area (Å²) in [5.74, 6) is -0.859. The lowest BCUT2D eigenvalue weighted by atomic mass is 10.0. The minimum atomic E-state index is -3.63. The fourth-order valence-electron chi connectivity index (χ4n) is 4.57. The van der Waals surface area contributed by atoms with Gasteiger partial charge in [0.2, 0.25) is 10.0 Å². The maximum absolute atomic E-state index is 13.2. The van der Waals surface area contributed by atoms with E-state index in [0.717, 1.165) is 36.4 Å². The molecule has 0 aliphatic carbocycles. The van der Waals surface area contributed by atoms with Gasteiger partial charge in [-0.25, -0.2) is 17.5 Å². The number of amides is 1. The molecule has 0 atom stereocenters. The van der Waals surface area contributed by atoms with E-state index in [-0.39, 0.29) is 11.5 Å². The van der Waals surface area contributed by atoms with Crippen LogP contribution in [-0.4, -0.2) is 56.2 Å². The monoisotopic (exact) mass is 569 g/mol. The number of fused-ring (bicyclic) bond motifs is 1. The summed E-state index contributed by atoms with van der Waals surface area (Å²) in [6, 6.07) is 16.1. The number of esters is 1. The Hall–Kier alpha value is -3.05. The standard InChI is InChI=1S/C29H35N3O5S2/c1-4-6-17-31(3)39(35,36)23-14-12-22(13-15-23)27(33)30-28-26(29(34)37-5-2)24-16-18-32(20-25(24)38-28)19-21-10-8-7-9-11-21/h7-15H,4-6,16-20H2,1-3H3,(H,30,33). The zero-order valence-corrected chi connectivity index (χ0v) is 24.2. The molecule has 10 heteroatoms. The molecule has 1 amide bonds. The smallest absolute Gasteiger partial charge is 0.341 e. The Kier molecular flexibility index (Phi) is 9.55. The number of nitrogens with zero attached hydrogens (tertiary/aromatic N) is 2. The number of rotatable bonds is 11. The van der Waals surface area contributed by atoms with Crippen LogP contribution in [0.5, 0.6) is 0 Å². The Morgan fingerprint density at radius 2 is 1.79 bits per heavy atom. The predicted octanol–water partition coefficient (Wildman–Crippen LogP) is 5.16. The van der Waals surface area contributed by atoms with Crippen molar-refractivity contribution in [3.63, 3.8) is 0 Å². The van der Waals surface area contributed by atoms with Crippen LogP contribution in [0.2, 0.25) is 0 Å². The highest BCUT2D eigenvalue weighted by Crippen LogP contribution is 2.38. The lowest BCUT2D eigenvalue weighted by Gasteiger charge is -2.27. The number of hydrogen-bond donors (Lipinski definition) is 1. The van der Waals surface area contributed by atoms with E-state index in [2.05, 4.69) is 22.3 Å². The van der Waals surface area contributed by atoms with Crippen LogP contribution < -0.4 is 5.32 Å². The molecule has 0 fully saturated rings. The fraction of sp³-hybridized carbons (Fsp3) is 0.379. The number of anilines is 1. The summed E-state index contributed by atoms with van der Waals surface area (Å²) in [7, 11) is -2.07. The molecule has 1 aromatic heterocycles. The van der Waals surface area contributed by atoms with Gasteiger partial charge in [-0.05, 0) is 55.2 Å². The average molecular weight is 570 g/mol. The average Bonchev–Trinajstić information content (AvgIpc) is 3.29. The summed E-state index contributed by atoms with van der Waals surface area (Å²) in [5, 5.41) is 3.36. The minimum Gasteiger partial charge on any atom is -0.462 e. The van der Waals surface area contributed by atoms with Crippen molar-refractivity contribution in [3.8, 4) is 0 Å². The number of nitrogens with one attached hydrogen (secondary N) is 1. The first-order valence-electron chi connectivity index (χ1n) is 13.2. The summed E-state index contributed by atoms with van der Waals surface area (Å²) in [6.45, 7) is 6.70. The highest BCUT2D eigenvalue weighted by Gasteiger charge is 2.30. The number of hydrogen-bond acceptors (Lipinski definition) is 7. The van der Waals surface area contributed by atoms with Gasteiger partial charge in [0, 0.05) is 43.7 Å².